The van der Waals surface area contributed by atoms with Crippen LogP contribution in [0.15, 0.2) is 52.6 Å². The Bertz CT molecular complexity index is 1230. The maximum atomic E-state index is 12.8. The number of carbonyl (C=O) groups excluding carboxylic acids is 4. The van der Waals surface area contributed by atoms with Crippen molar-refractivity contribution in [2.24, 2.45) is 0 Å². The molecule has 0 spiro atoms. The summed E-state index contributed by atoms with van der Waals surface area (Å²) in [4.78, 5) is 52.3. The number of anilines is 1. The van der Waals surface area contributed by atoms with E-state index in [1.165, 1.54) is 13.2 Å². The molecule has 2 fully saturated rings. The molecular formula is C25H25BrN4O7. The van der Waals surface area contributed by atoms with Gasteiger partial charge in [-0.05, 0) is 64.0 Å². The quantitative estimate of drug-likeness (QED) is 0.367. The van der Waals surface area contributed by atoms with Crippen molar-refractivity contribution in [2.45, 2.75) is 0 Å². The molecule has 11 nitrogen and oxygen atoms in total. The van der Waals surface area contributed by atoms with Gasteiger partial charge in [0.2, 0.25) is 5.91 Å². The Morgan fingerprint density at radius 1 is 1.14 bits per heavy atom. The number of morpholine rings is 1. The zero-order valence-corrected chi connectivity index (χ0v) is 21.6. The van der Waals surface area contributed by atoms with Crippen LogP contribution < -0.4 is 20.1 Å². The Hall–Kier alpha value is -3.90. The fourth-order valence-electron chi connectivity index (χ4n) is 3.67. The van der Waals surface area contributed by atoms with Gasteiger partial charge in [0.15, 0.2) is 6.61 Å². The summed E-state index contributed by atoms with van der Waals surface area (Å²) in [7, 11) is 1.53. The first-order chi connectivity index (χ1) is 17.8. The molecule has 2 aliphatic heterocycles. The van der Waals surface area contributed by atoms with Gasteiger partial charge in [-0.15, -0.1) is 0 Å². The normalized spacial score (nSPS) is 16.5. The van der Waals surface area contributed by atoms with E-state index in [0.717, 1.165) is 4.90 Å². The minimum absolute atomic E-state index is 0.0327. The highest BCUT2D eigenvalue weighted by Gasteiger charge is 2.35. The van der Waals surface area contributed by atoms with Gasteiger partial charge >= 0.3 is 6.03 Å². The monoisotopic (exact) mass is 572 g/mol. The first-order valence-electron chi connectivity index (χ1n) is 11.4. The zero-order chi connectivity index (χ0) is 26.4. The third kappa shape index (κ3) is 6.66. The third-order valence-electron chi connectivity index (χ3n) is 5.62. The van der Waals surface area contributed by atoms with E-state index in [-0.39, 0.29) is 18.2 Å². The number of halogens is 1. The van der Waals surface area contributed by atoms with Crippen molar-refractivity contribution in [2.75, 3.05) is 51.9 Å². The molecule has 12 heteroatoms. The Morgan fingerprint density at radius 2 is 1.86 bits per heavy atom. The Labute approximate surface area is 221 Å². The number of benzene rings is 2. The number of amides is 5. The van der Waals surface area contributed by atoms with E-state index >= 15 is 0 Å². The van der Waals surface area contributed by atoms with Crippen molar-refractivity contribution < 1.29 is 33.4 Å². The van der Waals surface area contributed by atoms with E-state index in [1.807, 2.05) is 0 Å². The number of rotatable bonds is 8. The minimum Gasteiger partial charge on any atom is -0.497 e. The molecule has 0 atom stereocenters. The summed E-state index contributed by atoms with van der Waals surface area (Å²) in [5.74, 6) is -0.179. The largest absolute Gasteiger partial charge is 0.497 e. The van der Waals surface area contributed by atoms with Crippen molar-refractivity contribution >= 4 is 51.4 Å². The number of hydrogen-bond donors (Lipinski definition) is 2. The van der Waals surface area contributed by atoms with Crippen molar-refractivity contribution in [3.8, 4) is 11.5 Å². The SMILES string of the molecule is COc1ccc(NC(=O)CN2C(=O)N/C(=C\c3ccc(OCC(=O)N4CCOCC4)c(Br)c3)C2=O)cc1. The summed E-state index contributed by atoms with van der Waals surface area (Å²) in [6, 6.07) is 11.0. The topological polar surface area (TPSA) is 127 Å². The zero-order valence-electron chi connectivity index (χ0n) is 20.0. The highest BCUT2D eigenvalue weighted by molar-refractivity contribution is 9.10. The van der Waals surface area contributed by atoms with E-state index in [2.05, 4.69) is 26.6 Å². The van der Waals surface area contributed by atoms with E-state index in [4.69, 9.17) is 14.2 Å². The smallest absolute Gasteiger partial charge is 0.329 e. The molecule has 0 radical (unpaired) electrons. The number of imide groups is 1. The van der Waals surface area contributed by atoms with E-state index in [1.54, 1.807) is 47.4 Å². The first-order valence-corrected chi connectivity index (χ1v) is 12.2. The van der Waals surface area contributed by atoms with E-state index in [9.17, 15) is 19.2 Å². The Kier molecular flexibility index (Phi) is 8.41. The molecule has 0 bridgehead atoms. The van der Waals surface area contributed by atoms with Gasteiger partial charge in [-0.2, -0.15) is 0 Å². The molecule has 0 aromatic heterocycles. The molecule has 4 rings (SSSR count). The molecule has 2 aromatic carbocycles. The summed E-state index contributed by atoms with van der Waals surface area (Å²) in [5, 5.41) is 5.13. The highest BCUT2D eigenvalue weighted by atomic mass is 79.9. The van der Waals surface area contributed by atoms with Crippen LogP contribution in [0.25, 0.3) is 6.08 Å². The molecule has 2 heterocycles. The average molecular weight is 573 g/mol. The van der Waals surface area contributed by atoms with Crippen LogP contribution in [0.1, 0.15) is 5.56 Å². The van der Waals surface area contributed by atoms with Gasteiger partial charge in [0.1, 0.15) is 23.7 Å². The molecular weight excluding hydrogens is 548 g/mol. The molecule has 2 saturated heterocycles. The predicted molar refractivity (Wildman–Crippen MR) is 137 cm³/mol. The number of nitrogens with zero attached hydrogens (tertiary/aromatic N) is 2. The summed E-state index contributed by atoms with van der Waals surface area (Å²) in [6.45, 7) is 1.55. The fourth-order valence-corrected chi connectivity index (χ4v) is 4.18. The van der Waals surface area contributed by atoms with Crippen LogP contribution in [-0.4, -0.2) is 80.1 Å². The molecule has 5 amide bonds. The van der Waals surface area contributed by atoms with Crippen LogP contribution in [0.3, 0.4) is 0 Å². The lowest BCUT2D eigenvalue weighted by atomic mass is 10.2. The average Bonchev–Trinajstić information content (AvgIpc) is 3.16. The van der Waals surface area contributed by atoms with Crippen LogP contribution in [0, 0.1) is 0 Å². The van der Waals surface area contributed by atoms with Crippen molar-refractivity contribution in [3.63, 3.8) is 0 Å². The number of nitrogens with one attached hydrogen (secondary N) is 2. The molecule has 0 unspecified atom stereocenters. The molecule has 194 valence electrons. The van der Waals surface area contributed by atoms with Crippen LogP contribution in [0.5, 0.6) is 11.5 Å². The van der Waals surface area contributed by atoms with Gasteiger partial charge in [0.25, 0.3) is 11.8 Å². The van der Waals surface area contributed by atoms with Gasteiger partial charge in [0.05, 0.1) is 24.8 Å². The second-order valence-corrected chi connectivity index (χ2v) is 8.98. The Morgan fingerprint density at radius 3 is 2.54 bits per heavy atom. The van der Waals surface area contributed by atoms with Gasteiger partial charge < -0.3 is 29.7 Å². The van der Waals surface area contributed by atoms with E-state index in [0.29, 0.717) is 53.5 Å². The predicted octanol–water partition coefficient (Wildman–Crippen LogP) is 2.23. The summed E-state index contributed by atoms with van der Waals surface area (Å²) in [6.07, 6.45) is 1.50. The molecule has 2 aliphatic rings. The third-order valence-corrected chi connectivity index (χ3v) is 6.24. The van der Waals surface area contributed by atoms with Gasteiger partial charge in [-0.1, -0.05) is 6.07 Å². The Balaban J connectivity index is 1.34. The second-order valence-electron chi connectivity index (χ2n) is 8.13. The number of ether oxygens (including phenoxy) is 3. The van der Waals surface area contributed by atoms with E-state index < -0.39 is 24.4 Å². The summed E-state index contributed by atoms with van der Waals surface area (Å²) in [5.41, 5.74) is 1.14. The summed E-state index contributed by atoms with van der Waals surface area (Å²) < 4.78 is 16.5. The van der Waals surface area contributed by atoms with Crippen molar-refractivity contribution in [1.82, 2.24) is 15.1 Å². The van der Waals surface area contributed by atoms with Gasteiger partial charge in [-0.25, -0.2) is 9.69 Å². The van der Waals surface area contributed by atoms with Gasteiger partial charge in [-0.3, -0.25) is 14.4 Å². The standard InChI is InChI=1S/C25H25BrN4O7/c1-35-18-5-3-17(4-6-18)27-22(31)14-30-24(33)20(28-25(30)34)13-16-2-7-21(19(26)12-16)37-15-23(32)29-8-10-36-11-9-29/h2-7,12-13H,8-11,14-15H2,1H3,(H,27,31)(H,28,34)/b20-13-. The van der Waals surface area contributed by atoms with Crippen LogP contribution in [-0.2, 0) is 19.1 Å². The summed E-state index contributed by atoms with van der Waals surface area (Å²) >= 11 is 3.41. The number of urea groups is 1. The van der Waals surface area contributed by atoms with Crippen LogP contribution in [0.2, 0.25) is 0 Å². The maximum Gasteiger partial charge on any atom is 0.329 e. The molecule has 0 aliphatic carbocycles. The lowest BCUT2D eigenvalue weighted by Gasteiger charge is -2.26. The van der Waals surface area contributed by atoms with Crippen molar-refractivity contribution in [3.05, 3.63) is 58.2 Å². The number of hydrogen-bond acceptors (Lipinski definition) is 7. The molecule has 0 saturated carbocycles. The maximum absolute atomic E-state index is 12.8. The number of methoxy groups -OCH3 is 1. The molecule has 37 heavy (non-hydrogen) atoms. The highest BCUT2D eigenvalue weighted by Crippen LogP contribution is 2.27. The van der Waals surface area contributed by atoms with Crippen LogP contribution in [0.4, 0.5) is 10.5 Å². The van der Waals surface area contributed by atoms with Crippen LogP contribution >= 0.6 is 15.9 Å². The molecule has 2 N–H and O–H groups in total. The number of carbonyl (C=O) groups is 4. The first kappa shape index (κ1) is 26.2. The van der Waals surface area contributed by atoms with Gasteiger partial charge in [0, 0.05) is 18.8 Å². The minimum atomic E-state index is -0.693. The lowest BCUT2D eigenvalue weighted by Crippen LogP contribution is -2.43. The van der Waals surface area contributed by atoms with Crippen molar-refractivity contribution in [1.29, 1.82) is 0 Å². The second kappa shape index (κ2) is 11.9. The fraction of sp³-hybridized carbons (Fsp3) is 0.280. The molecule has 2 aromatic rings. The lowest BCUT2D eigenvalue weighted by molar-refractivity contribution is -0.137.